The molecule has 2 amide bonds. The van der Waals surface area contributed by atoms with Crippen molar-refractivity contribution < 1.29 is 9.90 Å². The maximum Gasteiger partial charge on any atom is 0.315 e. The Morgan fingerprint density at radius 2 is 2.09 bits per heavy atom. The van der Waals surface area contributed by atoms with Crippen LogP contribution in [-0.2, 0) is 0 Å². The minimum absolute atomic E-state index is 0.134. The Morgan fingerprint density at radius 3 is 2.74 bits per heavy atom. The summed E-state index contributed by atoms with van der Waals surface area (Å²) in [5.74, 6) is 0.259. The lowest BCUT2D eigenvalue weighted by atomic mass is 10.1. The Balaban J connectivity index is 1.72. The summed E-state index contributed by atoms with van der Waals surface area (Å²) in [6.07, 6.45) is 1.28. The van der Waals surface area contributed by atoms with Crippen LogP contribution in [0.2, 0.25) is 5.02 Å². The van der Waals surface area contributed by atoms with Crippen molar-refractivity contribution in [3.8, 4) is 0 Å². The van der Waals surface area contributed by atoms with Gasteiger partial charge in [0.1, 0.15) is 0 Å². The van der Waals surface area contributed by atoms with Gasteiger partial charge >= 0.3 is 6.03 Å². The molecular weight excluding hydrogens is 314 g/mol. The molecule has 5 nitrogen and oxygen atoms in total. The number of aliphatic hydroxyl groups excluding tert-OH is 1. The standard InChI is InChI=1S/C17H26ClN3O2/c1-12(9-13(2)22)10-19-17(23)20-15-7-8-21(11-15)16-5-3-14(18)4-6-16/h3-6,12-13,15,22H,7-11H2,1-2H3,(H2,19,20,23). The van der Waals surface area contributed by atoms with E-state index in [1.165, 1.54) is 0 Å². The molecule has 23 heavy (non-hydrogen) atoms. The van der Waals surface area contributed by atoms with E-state index in [4.69, 9.17) is 11.6 Å². The zero-order valence-electron chi connectivity index (χ0n) is 13.8. The SMILES string of the molecule is CC(O)CC(C)CNC(=O)NC1CCN(c2ccc(Cl)cc2)C1. The lowest BCUT2D eigenvalue weighted by Crippen LogP contribution is -2.44. The van der Waals surface area contributed by atoms with Crippen molar-refractivity contribution in [2.75, 3.05) is 24.5 Å². The van der Waals surface area contributed by atoms with E-state index < -0.39 is 0 Å². The predicted octanol–water partition coefficient (Wildman–Crippen LogP) is 2.62. The normalized spacial score (nSPS) is 20.2. The molecule has 1 aromatic rings. The number of hydrogen-bond donors (Lipinski definition) is 3. The molecule has 3 unspecified atom stereocenters. The lowest BCUT2D eigenvalue weighted by Gasteiger charge is -2.20. The molecule has 0 bridgehead atoms. The van der Waals surface area contributed by atoms with Crippen molar-refractivity contribution in [2.24, 2.45) is 5.92 Å². The fourth-order valence-corrected chi connectivity index (χ4v) is 3.06. The summed E-state index contributed by atoms with van der Waals surface area (Å²) < 4.78 is 0. The van der Waals surface area contributed by atoms with Crippen LogP contribution >= 0.6 is 11.6 Å². The third-order valence-electron chi connectivity index (χ3n) is 4.07. The van der Waals surface area contributed by atoms with E-state index in [1.807, 2.05) is 31.2 Å². The summed E-state index contributed by atoms with van der Waals surface area (Å²) in [7, 11) is 0. The van der Waals surface area contributed by atoms with Gasteiger partial charge in [0.15, 0.2) is 0 Å². The molecular formula is C17H26ClN3O2. The van der Waals surface area contributed by atoms with E-state index in [9.17, 15) is 9.90 Å². The summed E-state index contributed by atoms with van der Waals surface area (Å²) in [5, 5.41) is 16.0. The van der Waals surface area contributed by atoms with Crippen molar-refractivity contribution in [1.82, 2.24) is 10.6 Å². The first-order chi connectivity index (χ1) is 10.9. The predicted molar refractivity (Wildman–Crippen MR) is 94.1 cm³/mol. The number of benzene rings is 1. The van der Waals surface area contributed by atoms with Crippen molar-refractivity contribution in [3.63, 3.8) is 0 Å². The van der Waals surface area contributed by atoms with Gasteiger partial charge in [0.05, 0.1) is 6.10 Å². The Morgan fingerprint density at radius 1 is 1.39 bits per heavy atom. The van der Waals surface area contributed by atoms with Crippen molar-refractivity contribution in [1.29, 1.82) is 0 Å². The van der Waals surface area contributed by atoms with Crippen LogP contribution < -0.4 is 15.5 Å². The maximum absolute atomic E-state index is 12.0. The van der Waals surface area contributed by atoms with Crippen LogP contribution in [-0.4, -0.2) is 42.9 Å². The molecule has 1 aliphatic rings. The fraction of sp³-hybridized carbons (Fsp3) is 0.588. The molecule has 128 valence electrons. The van der Waals surface area contributed by atoms with Crippen LogP contribution in [0.15, 0.2) is 24.3 Å². The van der Waals surface area contributed by atoms with E-state index in [0.717, 1.165) is 30.2 Å². The molecule has 1 fully saturated rings. The highest BCUT2D eigenvalue weighted by Gasteiger charge is 2.24. The third kappa shape index (κ3) is 5.92. The number of carbonyl (C=O) groups excluding carboxylic acids is 1. The van der Waals surface area contributed by atoms with Gasteiger partial charge in [0, 0.05) is 36.4 Å². The first kappa shape index (κ1) is 17.9. The molecule has 0 aromatic heterocycles. The Kier molecular flexibility index (Phi) is 6.54. The van der Waals surface area contributed by atoms with E-state index in [0.29, 0.717) is 13.0 Å². The third-order valence-corrected chi connectivity index (χ3v) is 4.32. The summed E-state index contributed by atoms with van der Waals surface area (Å²) in [5.41, 5.74) is 1.13. The first-order valence-electron chi connectivity index (χ1n) is 8.17. The van der Waals surface area contributed by atoms with E-state index in [1.54, 1.807) is 6.92 Å². The second kappa shape index (κ2) is 8.41. The van der Waals surface area contributed by atoms with Gasteiger partial charge in [-0.15, -0.1) is 0 Å². The van der Waals surface area contributed by atoms with Gasteiger partial charge in [0.2, 0.25) is 0 Å². The quantitative estimate of drug-likeness (QED) is 0.746. The van der Waals surface area contributed by atoms with Gasteiger partial charge in [0.25, 0.3) is 0 Å². The topological polar surface area (TPSA) is 64.6 Å². The first-order valence-corrected chi connectivity index (χ1v) is 8.54. The Hall–Kier alpha value is -1.46. The molecule has 6 heteroatoms. The summed E-state index contributed by atoms with van der Waals surface area (Å²) >= 11 is 5.91. The second-order valence-corrected chi connectivity index (χ2v) is 6.89. The zero-order chi connectivity index (χ0) is 16.8. The van der Waals surface area contributed by atoms with Crippen molar-refractivity contribution >= 4 is 23.3 Å². The highest BCUT2D eigenvalue weighted by molar-refractivity contribution is 6.30. The maximum atomic E-state index is 12.0. The number of halogens is 1. The zero-order valence-corrected chi connectivity index (χ0v) is 14.5. The average Bonchev–Trinajstić information content (AvgIpc) is 2.93. The van der Waals surface area contributed by atoms with Gasteiger partial charge in [-0.25, -0.2) is 4.79 Å². The van der Waals surface area contributed by atoms with Gasteiger partial charge < -0.3 is 20.6 Å². The molecule has 0 saturated carbocycles. The van der Waals surface area contributed by atoms with E-state index in [-0.39, 0.29) is 24.1 Å². The molecule has 1 heterocycles. The average molecular weight is 340 g/mol. The monoisotopic (exact) mass is 339 g/mol. The molecule has 0 radical (unpaired) electrons. The Bertz CT molecular complexity index is 507. The van der Waals surface area contributed by atoms with Gasteiger partial charge in [-0.05, 0) is 49.9 Å². The number of rotatable bonds is 6. The van der Waals surface area contributed by atoms with Gasteiger partial charge in [-0.2, -0.15) is 0 Å². The molecule has 1 aliphatic heterocycles. The van der Waals surface area contributed by atoms with Crippen molar-refractivity contribution in [3.05, 3.63) is 29.3 Å². The summed E-state index contributed by atoms with van der Waals surface area (Å²) in [4.78, 5) is 14.2. The van der Waals surface area contributed by atoms with Crippen LogP contribution in [0.4, 0.5) is 10.5 Å². The fourth-order valence-electron chi connectivity index (χ4n) is 2.93. The molecule has 2 rings (SSSR count). The molecule has 3 N–H and O–H groups in total. The number of carbonyl (C=O) groups is 1. The number of hydrogen-bond acceptors (Lipinski definition) is 3. The van der Waals surface area contributed by atoms with Crippen LogP contribution in [0.5, 0.6) is 0 Å². The summed E-state index contributed by atoms with van der Waals surface area (Å²) in [6, 6.07) is 7.79. The second-order valence-electron chi connectivity index (χ2n) is 6.45. The lowest BCUT2D eigenvalue weighted by molar-refractivity contribution is 0.163. The Labute approximate surface area is 143 Å². The van der Waals surface area contributed by atoms with Crippen molar-refractivity contribution in [2.45, 2.75) is 38.8 Å². The smallest absolute Gasteiger partial charge is 0.315 e. The minimum Gasteiger partial charge on any atom is -0.393 e. The van der Waals surface area contributed by atoms with Gasteiger partial charge in [-0.3, -0.25) is 0 Å². The number of nitrogens with zero attached hydrogens (tertiary/aromatic N) is 1. The van der Waals surface area contributed by atoms with E-state index in [2.05, 4.69) is 15.5 Å². The largest absolute Gasteiger partial charge is 0.393 e. The van der Waals surface area contributed by atoms with Crippen LogP contribution in [0.3, 0.4) is 0 Å². The van der Waals surface area contributed by atoms with Crippen LogP contribution in [0, 0.1) is 5.92 Å². The molecule has 1 saturated heterocycles. The minimum atomic E-state index is -0.336. The summed E-state index contributed by atoms with van der Waals surface area (Å²) in [6.45, 7) is 6.08. The molecule has 3 atom stereocenters. The molecule has 0 aliphatic carbocycles. The highest BCUT2D eigenvalue weighted by Crippen LogP contribution is 2.22. The number of aliphatic hydroxyl groups is 1. The number of urea groups is 1. The van der Waals surface area contributed by atoms with E-state index >= 15 is 0 Å². The number of nitrogens with one attached hydrogen (secondary N) is 2. The highest BCUT2D eigenvalue weighted by atomic mass is 35.5. The van der Waals surface area contributed by atoms with Gasteiger partial charge in [-0.1, -0.05) is 18.5 Å². The van der Waals surface area contributed by atoms with Crippen LogP contribution in [0.25, 0.3) is 0 Å². The number of anilines is 1. The molecule has 0 spiro atoms. The molecule has 1 aromatic carbocycles. The van der Waals surface area contributed by atoms with Crippen LogP contribution in [0.1, 0.15) is 26.7 Å². The number of amides is 2.